The van der Waals surface area contributed by atoms with Gasteiger partial charge in [-0.2, -0.15) is 9.97 Å². The molecule has 0 saturated carbocycles. The third kappa shape index (κ3) is 9.00. The molecular weight excluding hydrogens is 797 g/mol. The minimum atomic E-state index is -1.44. The summed E-state index contributed by atoms with van der Waals surface area (Å²) >= 11 is 0. The lowest BCUT2D eigenvalue weighted by atomic mass is 10.1. The number of aromatic nitrogens is 4. The molecule has 1 N–H and O–H groups in total. The van der Waals surface area contributed by atoms with Gasteiger partial charge in [-0.15, -0.1) is 0 Å². The second-order valence-electron chi connectivity index (χ2n) is 13.7. The highest BCUT2D eigenvalue weighted by Gasteiger charge is 2.52. The summed E-state index contributed by atoms with van der Waals surface area (Å²) in [4.78, 5) is 81.9. The van der Waals surface area contributed by atoms with Crippen LogP contribution in [-0.4, -0.2) is 74.3 Å². The molecule has 0 spiro atoms. The Morgan fingerprint density at radius 1 is 0.645 bits per heavy atom. The second kappa shape index (κ2) is 18.4. The first-order valence-corrected chi connectivity index (χ1v) is 19.3. The fourth-order valence-electron chi connectivity index (χ4n) is 6.70. The van der Waals surface area contributed by atoms with E-state index in [0.717, 1.165) is 0 Å². The molecule has 310 valence electrons. The molecule has 8 rings (SSSR count). The highest BCUT2D eigenvalue weighted by molar-refractivity contribution is 5.98. The zero-order valence-electron chi connectivity index (χ0n) is 32.8. The van der Waals surface area contributed by atoms with Crippen LogP contribution in [0.1, 0.15) is 44.2 Å². The quantitative estimate of drug-likeness (QED) is 0.0952. The Morgan fingerprint density at radius 3 is 1.65 bits per heavy atom. The number of nitrogens with zero attached hydrogens (tertiary/aromatic N) is 5. The summed E-state index contributed by atoms with van der Waals surface area (Å²) in [6, 6.07) is 41.6. The van der Waals surface area contributed by atoms with E-state index in [4.69, 9.17) is 23.7 Å². The number of nitrogens with one attached hydrogen (secondary N) is 1. The van der Waals surface area contributed by atoms with Gasteiger partial charge >= 0.3 is 30.0 Å². The number of ether oxygens (including phenoxy) is 5. The van der Waals surface area contributed by atoms with Gasteiger partial charge in [-0.1, -0.05) is 91.0 Å². The zero-order valence-corrected chi connectivity index (χ0v) is 32.8. The summed E-state index contributed by atoms with van der Waals surface area (Å²) in [7, 11) is 0. The molecule has 7 aromatic rings. The Labute approximate surface area is 353 Å². The van der Waals surface area contributed by atoms with Crippen LogP contribution in [0.4, 0.5) is 22.0 Å². The van der Waals surface area contributed by atoms with Crippen LogP contribution >= 0.6 is 0 Å². The van der Waals surface area contributed by atoms with Crippen LogP contribution in [0.5, 0.6) is 6.01 Å². The molecule has 3 heterocycles. The number of rotatable bonds is 12. The Balaban J connectivity index is 1.20. The van der Waals surface area contributed by atoms with Crippen molar-refractivity contribution >= 4 is 58.3 Å². The van der Waals surface area contributed by atoms with Gasteiger partial charge in [0.15, 0.2) is 35.4 Å². The standard InChI is InChI=1S/C46H36N6O10/c1-29(53)48-39-36-40(50-45(49-39)62-46(57)52(33-23-13-5-14-24-33)34-25-15-6-16-26-34)51(28-47-36)41-38(61-44(56)32-21-11-4-12-22-32)37(60-43(55)31-19-9-3-10-20-31)35(59-41)27-58-42(54)30-17-7-2-8-18-30/h2-26,28,35,37-38,41H,27H2,1H3,(H,48,49,50,53)/t35-,37-,38-,41-/m1/s1. The van der Waals surface area contributed by atoms with E-state index in [0.29, 0.717) is 11.4 Å². The number of amides is 2. The van der Waals surface area contributed by atoms with Gasteiger partial charge in [0.1, 0.15) is 12.7 Å². The molecule has 0 radical (unpaired) electrons. The lowest BCUT2D eigenvalue weighted by Gasteiger charge is -2.25. The fourth-order valence-corrected chi connectivity index (χ4v) is 6.70. The van der Waals surface area contributed by atoms with Gasteiger partial charge in [0, 0.05) is 6.92 Å². The second-order valence-corrected chi connectivity index (χ2v) is 13.7. The van der Waals surface area contributed by atoms with Gasteiger partial charge in [-0.25, -0.2) is 29.1 Å². The molecule has 0 unspecified atom stereocenters. The number of para-hydroxylation sites is 2. The van der Waals surface area contributed by atoms with Crippen molar-refractivity contribution in [3.05, 3.63) is 175 Å². The van der Waals surface area contributed by atoms with Crippen LogP contribution in [0.2, 0.25) is 0 Å². The van der Waals surface area contributed by atoms with Gasteiger partial charge in [-0.3, -0.25) is 9.36 Å². The molecule has 2 amide bonds. The van der Waals surface area contributed by atoms with E-state index in [9.17, 15) is 24.0 Å². The van der Waals surface area contributed by atoms with Crippen molar-refractivity contribution in [2.75, 3.05) is 16.8 Å². The minimum Gasteiger partial charge on any atom is -0.459 e. The largest absolute Gasteiger partial charge is 0.459 e. The predicted molar refractivity (Wildman–Crippen MR) is 223 cm³/mol. The third-order valence-electron chi connectivity index (χ3n) is 9.54. The van der Waals surface area contributed by atoms with E-state index in [-0.39, 0.29) is 33.7 Å². The van der Waals surface area contributed by atoms with Gasteiger partial charge in [0.05, 0.1) is 34.4 Å². The van der Waals surface area contributed by atoms with Crippen LogP contribution < -0.4 is 15.0 Å². The molecule has 0 bridgehead atoms. The molecule has 1 saturated heterocycles. The van der Waals surface area contributed by atoms with E-state index in [1.54, 1.807) is 152 Å². The van der Waals surface area contributed by atoms with Crippen molar-refractivity contribution in [3.8, 4) is 6.01 Å². The molecule has 5 aromatic carbocycles. The van der Waals surface area contributed by atoms with Crippen LogP contribution in [-0.2, 0) is 23.7 Å². The van der Waals surface area contributed by atoms with E-state index >= 15 is 0 Å². The number of carbonyl (C=O) groups excluding carboxylic acids is 5. The van der Waals surface area contributed by atoms with Gasteiger partial charge in [0.2, 0.25) is 5.91 Å². The summed E-state index contributed by atoms with van der Waals surface area (Å²) in [6.07, 6.45) is -5.04. The number of fused-ring (bicyclic) bond motifs is 1. The van der Waals surface area contributed by atoms with Gasteiger partial charge in [-0.05, 0) is 60.7 Å². The number of anilines is 3. The third-order valence-corrected chi connectivity index (χ3v) is 9.54. The van der Waals surface area contributed by atoms with Crippen molar-refractivity contribution in [1.82, 2.24) is 19.5 Å². The summed E-state index contributed by atoms with van der Waals surface area (Å²) in [5, 5.41) is 2.61. The summed E-state index contributed by atoms with van der Waals surface area (Å²) in [5.74, 6) is -2.89. The molecule has 2 aromatic heterocycles. The highest BCUT2D eigenvalue weighted by atomic mass is 16.7. The van der Waals surface area contributed by atoms with Crippen molar-refractivity contribution in [2.24, 2.45) is 0 Å². The lowest BCUT2D eigenvalue weighted by Crippen LogP contribution is -2.41. The summed E-state index contributed by atoms with van der Waals surface area (Å²) in [6.45, 7) is 0.808. The lowest BCUT2D eigenvalue weighted by molar-refractivity contribution is -0.114. The first kappa shape index (κ1) is 40.5. The topological polar surface area (TPSA) is 190 Å². The SMILES string of the molecule is CC(=O)Nc1nc(OC(=O)N(c2ccccc2)c2ccccc2)nc2c1ncn2[C@@H]1O[C@H](COC(=O)c2ccccc2)[C@@H](OC(=O)c2ccccc2)[C@H]1OC(=O)c1ccccc1. The smallest absolute Gasteiger partial charge is 0.426 e. The van der Waals surface area contributed by atoms with Crippen LogP contribution in [0.25, 0.3) is 11.2 Å². The average molecular weight is 833 g/mol. The summed E-state index contributed by atoms with van der Waals surface area (Å²) in [5.41, 5.74) is 1.59. The zero-order chi connectivity index (χ0) is 43.0. The van der Waals surface area contributed by atoms with Crippen LogP contribution in [0.3, 0.4) is 0 Å². The maximum absolute atomic E-state index is 14.0. The Morgan fingerprint density at radius 2 is 1.13 bits per heavy atom. The fraction of sp³-hybridized carbons (Fsp3) is 0.130. The molecule has 16 nitrogen and oxygen atoms in total. The molecule has 1 aliphatic heterocycles. The minimum absolute atomic E-state index is 0.0384. The molecular formula is C46H36N6O10. The van der Waals surface area contributed by atoms with Crippen molar-refractivity contribution in [2.45, 2.75) is 31.5 Å². The number of carbonyl (C=O) groups is 5. The van der Waals surface area contributed by atoms with Crippen LogP contribution in [0.15, 0.2) is 158 Å². The molecule has 4 atom stereocenters. The number of benzene rings is 5. The van der Waals surface area contributed by atoms with E-state index < -0.39 is 67.1 Å². The number of hydrogen-bond donors (Lipinski definition) is 1. The van der Waals surface area contributed by atoms with E-state index in [1.165, 1.54) is 22.7 Å². The van der Waals surface area contributed by atoms with Crippen molar-refractivity contribution in [3.63, 3.8) is 0 Å². The van der Waals surface area contributed by atoms with E-state index in [1.807, 2.05) is 0 Å². The predicted octanol–water partition coefficient (Wildman–Crippen LogP) is 7.33. The number of imidazole rings is 1. The Hall–Kier alpha value is -8.24. The highest BCUT2D eigenvalue weighted by Crippen LogP contribution is 2.38. The first-order valence-electron chi connectivity index (χ1n) is 19.3. The number of hydrogen-bond acceptors (Lipinski definition) is 13. The molecule has 1 fully saturated rings. The van der Waals surface area contributed by atoms with Crippen molar-refractivity contribution in [1.29, 1.82) is 0 Å². The van der Waals surface area contributed by atoms with Crippen molar-refractivity contribution < 1.29 is 47.7 Å². The first-order chi connectivity index (χ1) is 30.2. The normalized spacial score (nSPS) is 16.8. The monoisotopic (exact) mass is 832 g/mol. The molecule has 16 heteroatoms. The average Bonchev–Trinajstić information content (AvgIpc) is 3.87. The van der Waals surface area contributed by atoms with Gasteiger partial charge < -0.3 is 29.0 Å². The maximum Gasteiger partial charge on any atom is 0.426 e. The Kier molecular flexibility index (Phi) is 12.0. The molecule has 1 aliphatic rings. The van der Waals surface area contributed by atoms with E-state index in [2.05, 4.69) is 20.3 Å². The number of esters is 3. The molecule has 62 heavy (non-hydrogen) atoms. The Bertz CT molecular complexity index is 2670. The van der Waals surface area contributed by atoms with Crippen LogP contribution in [0, 0.1) is 0 Å². The van der Waals surface area contributed by atoms with Gasteiger partial charge in [0.25, 0.3) is 0 Å². The maximum atomic E-state index is 14.0. The summed E-state index contributed by atoms with van der Waals surface area (Å²) < 4.78 is 31.6. The molecule has 0 aliphatic carbocycles.